The SMILES string of the molecule is COc1ccc(Cc2nc(N)c3c(N)cccc3n2)cc1. The van der Waals surface area contributed by atoms with Crippen molar-refractivity contribution >= 4 is 22.4 Å². The van der Waals surface area contributed by atoms with E-state index in [0.717, 1.165) is 22.2 Å². The van der Waals surface area contributed by atoms with E-state index in [1.807, 2.05) is 36.4 Å². The van der Waals surface area contributed by atoms with Gasteiger partial charge in [-0.3, -0.25) is 0 Å². The number of hydrogen-bond donors (Lipinski definition) is 2. The summed E-state index contributed by atoms with van der Waals surface area (Å²) in [5.41, 5.74) is 14.4. The highest BCUT2D eigenvalue weighted by atomic mass is 16.5. The van der Waals surface area contributed by atoms with Gasteiger partial charge in [0.25, 0.3) is 0 Å². The molecule has 1 heterocycles. The minimum Gasteiger partial charge on any atom is -0.497 e. The summed E-state index contributed by atoms with van der Waals surface area (Å²) in [6.45, 7) is 0. The van der Waals surface area contributed by atoms with Crippen molar-refractivity contribution in [3.05, 3.63) is 53.9 Å². The molecule has 3 aromatic rings. The molecule has 5 nitrogen and oxygen atoms in total. The molecule has 4 N–H and O–H groups in total. The van der Waals surface area contributed by atoms with Crippen molar-refractivity contribution in [2.45, 2.75) is 6.42 Å². The van der Waals surface area contributed by atoms with Gasteiger partial charge in [0, 0.05) is 12.1 Å². The minimum atomic E-state index is 0.418. The Hall–Kier alpha value is -2.82. The maximum Gasteiger partial charge on any atom is 0.137 e. The Morgan fingerprint density at radius 2 is 1.76 bits per heavy atom. The molecule has 1 aromatic heterocycles. The molecule has 21 heavy (non-hydrogen) atoms. The summed E-state index contributed by atoms with van der Waals surface area (Å²) in [5.74, 6) is 1.92. The lowest BCUT2D eigenvalue weighted by atomic mass is 10.1. The maximum absolute atomic E-state index is 6.01. The molecule has 0 aliphatic carbocycles. The average Bonchev–Trinajstić information content (AvgIpc) is 2.48. The Kier molecular flexibility index (Phi) is 3.31. The molecule has 0 fully saturated rings. The zero-order valence-corrected chi connectivity index (χ0v) is 11.7. The highest BCUT2D eigenvalue weighted by Crippen LogP contribution is 2.24. The van der Waals surface area contributed by atoms with Crippen molar-refractivity contribution < 1.29 is 4.74 Å². The first-order valence-electron chi connectivity index (χ1n) is 6.61. The quantitative estimate of drug-likeness (QED) is 0.719. The predicted octanol–water partition coefficient (Wildman–Crippen LogP) is 2.39. The Morgan fingerprint density at radius 3 is 2.48 bits per heavy atom. The molecule has 3 rings (SSSR count). The van der Waals surface area contributed by atoms with E-state index in [2.05, 4.69) is 9.97 Å². The molecule has 0 amide bonds. The lowest BCUT2D eigenvalue weighted by Crippen LogP contribution is -2.03. The van der Waals surface area contributed by atoms with E-state index in [4.69, 9.17) is 16.2 Å². The molecule has 0 radical (unpaired) electrons. The van der Waals surface area contributed by atoms with Gasteiger partial charge in [-0.25, -0.2) is 9.97 Å². The van der Waals surface area contributed by atoms with E-state index in [1.165, 1.54) is 0 Å². The van der Waals surface area contributed by atoms with Crippen LogP contribution in [0.4, 0.5) is 11.5 Å². The van der Waals surface area contributed by atoms with Crippen molar-refractivity contribution in [2.24, 2.45) is 0 Å². The number of nitrogens with two attached hydrogens (primary N) is 2. The molecule has 0 atom stereocenters. The summed E-state index contributed by atoms with van der Waals surface area (Å²) in [6.07, 6.45) is 0.610. The first kappa shape index (κ1) is 13.2. The molecule has 0 saturated carbocycles. The van der Waals surface area contributed by atoms with Crippen LogP contribution in [0.2, 0.25) is 0 Å². The summed E-state index contributed by atoms with van der Waals surface area (Å²) in [5, 5.41) is 0.719. The number of ether oxygens (including phenoxy) is 1. The molecule has 106 valence electrons. The summed E-state index contributed by atoms with van der Waals surface area (Å²) in [7, 11) is 1.65. The van der Waals surface area contributed by atoms with Crippen LogP contribution < -0.4 is 16.2 Å². The summed E-state index contributed by atoms with van der Waals surface area (Å²) in [4.78, 5) is 8.89. The van der Waals surface area contributed by atoms with E-state index >= 15 is 0 Å². The Morgan fingerprint density at radius 1 is 1.00 bits per heavy atom. The monoisotopic (exact) mass is 280 g/mol. The summed E-state index contributed by atoms with van der Waals surface area (Å²) < 4.78 is 5.14. The van der Waals surface area contributed by atoms with Crippen molar-refractivity contribution in [1.29, 1.82) is 0 Å². The third-order valence-corrected chi connectivity index (χ3v) is 3.35. The number of methoxy groups -OCH3 is 1. The smallest absolute Gasteiger partial charge is 0.137 e. The maximum atomic E-state index is 6.01. The van der Waals surface area contributed by atoms with Gasteiger partial charge in [-0.15, -0.1) is 0 Å². The van der Waals surface area contributed by atoms with Crippen LogP contribution in [0.25, 0.3) is 10.9 Å². The molecule has 2 aromatic carbocycles. The Labute approximate surface area is 122 Å². The molecule has 0 unspecified atom stereocenters. The van der Waals surface area contributed by atoms with Crippen LogP contribution in [0.5, 0.6) is 5.75 Å². The molecule has 0 aliphatic heterocycles. The number of anilines is 2. The fourth-order valence-corrected chi connectivity index (χ4v) is 2.29. The molecule has 0 bridgehead atoms. The first-order valence-corrected chi connectivity index (χ1v) is 6.61. The van der Waals surface area contributed by atoms with Crippen LogP contribution in [0.1, 0.15) is 11.4 Å². The lowest BCUT2D eigenvalue weighted by Gasteiger charge is -2.08. The van der Waals surface area contributed by atoms with Crippen molar-refractivity contribution in [3.8, 4) is 5.75 Å². The fourth-order valence-electron chi connectivity index (χ4n) is 2.29. The average molecular weight is 280 g/mol. The minimum absolute atomic E-state index is 0.418. The van der Waals surface area contributed by atoms with E-state index in [9.17, 15) is 0 Å². The zero-order valence-electron chi connectivity index (χ0n) is 11.7. The molecular formula is C16H16N4O. The van der Waals surface area contributed by atoms with Crippen molar-refractivity contribution in [2.75, 3.05) is 18.6 Å². The summed E-state index contributed by atoms with van der Waals surface area (Å²) in [6, 6.07) is 13.4. The third-order valence-electron chi connectivity index (χ3n) is 3.35. The van der Waals surface area contributed by atoms with E-state index < -0.39 is 0 Å². The molecule has 5 heteroatoms. The molecule has 0 aliphatic rings. The normalized spacial score (nSPS) is 10.7. The second-order valence-corrected chi connectivity index (χ2v) is 4.79. The van der Waals surface area contributed by atoms with Crippen LogP contribution in [-0.4, -0.2) is 17.1 Å². The Bertz CT molecular complexity index is 784. The van der Waals surface area contributed by atoms with Gasteiger partial charge in [0.15, 0.2) is 0 Å². The number of aromatic nitrogens is 2. The number of nitrogens with zero attached hydrogens (tertiary/aromatic N) is 2. The van der Waals surface area contributed by atoms with Crippen molar-refractivity contribution in [1.82, 2.24) is 9.97 Å². The van der Waals surface area contributed by atoms with Crippen LogP contribution in [0.3, 0.4) is 0 Å². The topological polar surface area (TPSA) is 87.0 Å². The van der Waals surface area contributed by atoms with Gasteiger partial charge in [-0.05, 0) is 29.8 Å². The van der Waals surface area contributed by atoms with E-state index in [1.54, 1.807) is 13.2 Å². The van der Waals surface area contributed by atoms with Gasteiger partial charge in [-0.1, -0.05) is 18.2 Å². The largest absolute Gasteiger partial charge is 0.497 e. The first-order chi connectivity index (χ1) is 10.2. The standard InChI is InChI=1S/C16H16N4O/c1-21-11-7-5-10(6-8-11)9-14-19-13-4-2-3-12(17)15(13)16(18)20-14/h2-8H,9,17H2,1H3,(H2,18,19,20). The number of hydrogen-bond acceptors (Lipinski definition) is 5. The van der Waals surface area contributed by atoms with Crippen LogP contribution in [-0.2, 0) is 6.42 Å². The number of fused-ring (bicyclic) bond motifs is 1. The third kappa shape index (κ3) is 2.58. The molecule has 0 saturated heterocycles. The van der Waals surface area contributed by atoms with E-state index in [0.29, 0.717) is 23.8 Å². The number of benzene rings is 2. The van der Waals surface area contributed by atoms with Gasteiger partial charge in [0.05, 0.1) is 18.0 Å². The summed E-state index contributed by atoms with van der Waals surface area (Å²) >= 11 is 0. The lowest BCUT2D eigenvalue weighted by molar-refractivity contribution is 0.414. The molecule has 0 spiro atoms. The molecular weight excluding hydrogens is 264 g/mol. The van der Waals surface area contributed by atoms with E-state index in [-0.39, 0.29) is 0 Å². The van der Waals surface area contributed by atoms with Crippen LogP contribution in [0.15, 0.2) is 42.5 Å². The second kappa shape index (κ2) is 5.28. The van der Waals surface area contributed by atoms with Crippen LogP contribution >= 0.6 is 0 Å². The highest BCUT2D eigenvalue weighted by Gasteiger charge is 2.08. The van der Waals surface area contributed by atoms with Crippen LogP contribution in [0, 0.1) is 0 Å². The highest BCUT2D eigenvalue weighted by molar-refractivity contribution is 5.97. The van der Waals surface area contributed by atoms with Gasteiger partial charge in [-0.2, -0.15) is 0 Å². The van der Waals surface area contributed by atoms with Crippen molar-refractivity contribution in [3.63, 3.8) is 0 Å². The van der Waals surface area contributed by atoms with Gasteiger partial charge >= 0.3 is 0 Å². The zero-order chi connectivity index (χ0) is 14.8. The Balaban J connectivity index is 1.97. The van der Waals surface area contributed by atoms with Gasteiger partial charge in [0.2, 0.25) is 0 Å². The van der Waals surface area contributed by atoms with Gasteiger partial charge in [0.1, 0.15) is 17.4 Å². The number of nitrogen functional groups attached to an aromatic ring is 2. The predicted molar refractivity (Wildman–Crippen MR) is 84.2 cm³/mol. The van der Waals surface area contributed by atoms with Gasteiger partial charge < -0.3 is 16.2 Å². The number of rotatable bonds is 3. The fraction of sp³-hybridized carbons (Fsp3) is 0.125. The second-order valence-electron chi connectivity index (χ2n) is 4.79.